The molecule has 1 N–H and O–H groups in total. The maximum atomic E-state index is 14.9. The van der Waals surface area contributed by atoms with Crippen molar-refractivity contribution >= 4 is 29.4 Å². The summed E-state index contributed by atoms with van der Waals surface area (Å²) in [5, 5.41) is 13.5. The van der Waals surface area contributed by atoms with Crippen LogP contribution in [0.5, 0.6) is 0 Å². The highest BCUT2D eigenvalue weighted by Crippen LogP contribution is 2.44. The third kappa shape index (κ3) is 4.84. The maximum absolute atomic E-state index is 14.9. The van der Waals surface area contributed by atoms with Crippen LogP contribution in [0.25, 0.3) is 5.70 Å². The number of nitrogens with zero attached hydrogens (tertiary/aromatic N) is 1. The number of esters is 2. The number of carbonyl (C=O) groups excluding carboxylic acids is 2. The highest BCUT2D eigenvalue weighted by molar-refractivity contribution is 8.03. The number of benzene rings is 2. The van der Waals surface area contributed by atoms with E-state index in [4.69, 9.17) is 9.47 Å². The molecule has 164 valence electrons. The summed E-state index contributed by atoms with van der Waals surface area (Å²) in [6, 6.07) is 17.1. The molecule has 3 rings (SSSR count). The minimum atomic E-state index is -1.02. The second-order valence-electron chi connectivity index (χ2n) is 6.67. The molecule has 0 aliphatic carbocycles. The number of hydrogen-bond donors (Lipinski definition) is 1. The predicted molar refractivity (Wildman–Crippen MR) is 119 cm³/mol. The molecule has 0 unspecified atom stereocenters. The Morgan fingerprint density at radius 1 is 1.16 bits per heavy atom. The Hall–Kier alpha value is -3.57. The monoisotopic (exact) mass is 452 g/mol. The number of ether oxygens (including phenoxy) is 2. The standard InChI is InChI=1S/C24H21FN2O4S/c1-3-31-24(29)21-20(16-11-7-8-12-18(16)25)17(13-26)23(32-14-19(28)30-2)27-22(21)15-9-5-4-6-10-15/h4-12,20,27H,3,14H2,1-2H3/t20-/m0/s1. The average Bonchev–Trinajstić information content (AvgIpc) is 2.82. The number of methoxy groups -OCH3 is 1. The molecule has 1 atom stereocenters. The summed E-state index contributed by atoms with van der Waals surface area (Å²) in [4.78, 5) is 24.8. The highest BCUT2D eigenvalue weighted by atomic mass is 32.2. The van der Waals surface area contributed by atoms with E-state index in [9.17, 15) is 19.2 Å². The van der Waals surface area contributed by atoms with Gasteiger partial charge in [-0.2, -0.15) is 5.26 Å². The molecule has 1 heterocycles. The molecule has 1 aliphatic heterocycles. The largest absolute Gasteiger partial charge is 0.468 e. The lowest BCUT2D eigenvalue weighted by atomic mass is 9.81. The SMILES string of the molecule is CCOC(=O)C1=C(c2ccccc2)NC(SCC(=O)OC)=C(C#N)[C@@H]1c1ccccc1F. The van der Waals surface area contributed by atoms with Crippen molar-refractivity contribution in [2.75, 3.05) is 19.5 Å². The third-order valence-corrected chi connectivity index (χ3v) is 5.78. The Morgan fingerprint density at radius 3 is 2.47 bits per heavy atom. The van der Waals surface area contributed by atoms with Crippen molar-refractivity contribution in [3.63, 3.8) is 0 Å². The number of hydrogen-bond acceptors (Lipinski definition) is 7. The summed E-state index contributed by atoms with van der Waals surface area (Å²) >= 11 is 1.06. The van der Waals surface area contributed by atoms with Gasteiger partial charge in [0, 0.05) is 5.56 Å². The molecule has 0 spiro atoms. The van der Waals surface area contributed by atoms with E-state index in [1.807, 2.05) is 6.07 Å². The first-order chi connectivity index (χ1) is 15.5. The normalized spacial score (nSPS) is 15.6. The maximum Gasteiger partial charge on any atom is 0.337 e. The first kappa shape index (κ1) is 23.1. The van der Waals surface area contributed by atoms with Gasteiger partial charge in [0.15, 0.2) is 0 Å². The molecule has 0 saturated carbocycles. The van der Waals surface area contributed by atoms with Crippen LogP contribution in [0, 0.1) is 17.1 Å². The van der Waals surface area contributed by atoms with Crippen LogP contribution in [0.3, 0.4) is 0 Å². The number of halogens is 1. The quantitative estimate of drug-likeness (QED) is 0.632. The lowest BCUT2D eigenvalue weighted by molar-refractivity contribution is -0.139. The zero-order valence-electron chi connectivity index (χ0n) is 17.6. The first-order valence-corrected chi connectivity index (χ1v) is 10.8. The van der Waals surface area contributed by atoms with Gasteiger partial charge < -0.3 is 14.8 Å². The molecule has 0 saturated heterocycles. The van der Waals surface area contributed by atoms with Gasteiger partial charge in [-0.05, 0) is 18.6 Å². The number of thioether (sulfide) groups is 1. The Kier molecular flexibility index (Phi) is 7.68. The van der Waals surface area contributed by atoms with Crippen molar-refractivity contribution in [1.29, 1.82) is 5.26 Å². The molecule has 0 bridgehead atoms. The molecule has 0 radical (unpaired) electrons. The lowest BCUT2D eigenvalue weighted by Gasteiger charge is -2.30. The fourth-order valence-electron chi connectivity index (χ4n) is 3.37. The van der Waals surface area contributed by atoms with Crippen LogP contribution >= 0.6 is 11.8 Å². The number of carbonyl (C=O) groups is 2. The predicted octanol–water partition coefficient (Wildman–Crippen LogP) is 4.13. The average molecular weight is 453 g/mol. The highest BCUT2D eigenvalue weighted by Gasteiger charge is 2.38. The number of dihydropyridines is 1. The van der Waals surface area contributed by atoms with Gasteiger partial charge in [-0.15, -0.1) is 0 Å². The van der Waals surface area contributed by atoms with Crippen LogP contribution in [-0.2, 0) is 19.1 Å². The molecular formula is C24H21FN2O4S. The van der Waals surface area contributed by atoms with Crippen LogP contribution in [0.1, 0.15) is 24.0 Å². The van der Waals surface area contributed by atoms with Gasteiger partial charge in [0.1, 0.15) is 5.82 Å². The van der Waals surface area contributed by atoms with E-state index in [2.05, 4.69) is 11.4 Å². The van der Waals surface area contributed by atoms with Crippen molar-refractivity contribution in [3.05, 3.63) is 87.7 Å². The number of nitrogens with one attached hydrogen (secondary N) is 1. The molecule has 8 heteroatoms. The summed E-state index contributed by atoms with van der Waals surface area (Å²) in [6.07, 6.45) is 0. The van der Waals surface area contributed by atoms with Crippen molar-refractivity contribution in [1.82, 2.24) is 5.32 Å². The van der Waals surface area contributed by atoms with Gasteiger partial charge in [-0.25, -0.2) is 9.18 Å². The van der Waals surface area contributed by atoms with Crippen molar-refractivity contribution in [2.45, 2.75) is 12.8 Å². The fourth-order valence-corrected chi connectivity index (χ4v) is 4.24. The summed E-state index contributed by atoms with van der Waals surface area (Å²) in [5.74, 6) is -2.77. The zero-order valence-corrected chi connectivity index (χ0v) is 18.4. The van der Waals surface area contributed by atoms with Gasteiger partial charge in [-0.3, -0.25) is 4.79 Å². The third-order valence-electron chi connectivity index (χ3n) is 4.79. The second-order valence-corrected chi connectivity index (χ2v) is 7.66. The molecule has 6 nitrogen and oxygen atoms in total. The molecule has 32 heavy (non-hydrogen) atoms. The van der Waals surface area contributed by atoms with E-state index in [1.54, 1.807) is 37.3 Å². The smallest absolute Gasteiger partial charge is 0.337 e. The number of rotatable bonds is 7. The minimum Gasteiger partial charge on any atom is -0.468 e. The van der Waals surface area contributed by atoms with Crippen LogP contribution in [0.2, 0.25) is 0 Å². The Morgan fingerprint density at radius 2 is 1.84 bits per heavy atom. The van der Waals surface area contributed by atoms with Gasteiger partial charge in [0.25, 0.3) is 0 Å². The fraction of sp³-hybridized carbons (Fsp3) is 0.208. The summed E-state index contributed by atoms with van der Waals surface area (Å²) in [7, 11) is 1.27. The molecular weight excluding hydrogens is 431 g/mol. The second kappa shape index (κ2) is 10.6. The zero-order chi connectivity index (χ0) is 23.1. The number of allylic oxidation sites excluding steroid dienone is 1. The van der Waals surface area contributed by atoms with Crippen LogP contribution < -0.4 is 5.32 Å². The minimum absolute atomic E-state index is 0.0647. The summed E-state index contributed by atoms with van der Waals surface area (Å²) in [6.45, 7) is 1.79. The Bertz CT molecular complexity index is 1120. The van der Waals surface area contributed by atoms with E-state index >= 15 is 0 Å². The molecule has 0 fully saturated rings. The van der Waals surface area contributed by atoms with Crippen molar-refractivity contribution in [2.24, 2.45) is 0 Å². The van der Waals surface area contributed by atoms with E-state index in [1.165, 1.54) is 25.3 Å². The van der Waals surface area contributed by atoms with Crippen molar-refractivity contribution < 1.29 is 23.5 Å². The van der Waals surface area contributed by atoms with Gasteiger partial charge in [-0.1, -0.05) is 60.3 Å². The van der Waals surface area contributed by atoms with Crippen LogP contribution in [0.4, 0.5) is 4.39 Å². The van der Waals surface area contributed by atoms with Gasteiger partial charge >= 0.3 is 11.9 Å². The molecule has 2 aromatic carbocycles. The topological polar surface area (TPSA) is 88.4 Å². The van der Waals surface area contributed by atoms with Gasteiger partial charge in [0.2, 0.25) is 0 Å². The van der Waals surface area contributed by atoms with Crippen LogP contribution in [-0.4, -0.2) is 31.4 Å². The Balaban J connectivity index is 2.27. The van der Waals surface area contributed by atoms with E-state index in [0.29, 0.717) is 16.3 Å². The van der Waals surface area contributed by atoms with E-state index < -0.39 is 23.7 Å². The summed E-state index contributed by atoms with van der Waals surface area (Å²) in [5.41, 5.74) is 1.46. The van der Waals surface area contributed by atoms with E-state index in [0.717, 1.165) is 11.8 Å². The molecule has 0 aromatic heterocycles. The van der Waals surface area contributed by atoms with Crippen molar-refractivity contribution in [3.8, 4) is 6.07 Å². The van der Waals surface area contributed by atoms with Gasteiger partial charge in [0.05, 0.1) is 53.3 Å². The summed E-state index contributed by atoms with van der Waals surface area (Å²) < 4.78 is 24.9. The first-order valence-electron chi connectivity index (χ1n) is 9.83. The Labute approximate surface area is 189 Å². The molecule has 1 aliphatic rings. The number of nitriles is 1. The lowest BCUT2D eigenvalue weighted by Crippen LogP contribution is -2.30. The van der Waals surface area contributed by atoms with Crippen LogP contribution in [0.15, 0.2) is 70.8 Å². The van der Waals surface area contributed by atoms with E-state index in [-0.39, 0.29) is 29.1 Å². The molecule has 2 aromatic rings. The molecule has 0 amide bonds.